The summed E-state index contributed by atoms with van der Waals surface area (Å²) in [5.41, 5.74) is 1.32. The van der Waals surface area contributed by atoms with E-state index in [1.807, 2.05) is 18.1 Å². The van der Waals surface area contributed by atoms with Crippen molar-refractivity contribution in [2.45, 2.75) is 62.8 Å². The molecule has 6 heteroatoms. The van der Waals surface area contributed by atoms with E-state index in [1.54, 1.807) is 10.8 Å². The van der Waals surface area contributed by atoms with Crippen molar-refractivity contribution in [3.8, 4) is 0 Å². The topological polar surface area (TPSA) is 50.6 Å². The number of aromatic nitrogens is 2. The van der Waals surface area contributed by atoms with Crippen LogP contribution in [0.2, 0.25) is 0 Å². The Bertz CT molecular complexity index is 868. The Morgan fingerprint density at radius 3 is 2.60 bits per heavy atom. The van der Waals surface area contributed by atoms with Gasteiger partial charge in [-0.1, -0.05) is 30.3 Å². The van der Waals surface area contributed by atoms with E-state index < -0.39 is 0 Å². The summed E-state index contributed by atoms with van der Waals surface area (Å²) in [6.45, 7) is 3.37. The van der Waals surface area contributed by atoms with Crippen LogP contribution in [-0.4, -0.2) is 62.6 Å². The third-order valence-corrected chi connectivity index (χ3v) is 7.13. The Morgan fingerprint density at radius 2 is 1.93 bits per heavy atom. The molecule has 1 aromatic carbocycles. The number of amides is 1. The lowest BCUT2D eigenvalue weighted by Gasteiger charge is -2.48. The standard InChI is InChI=1S/C24H32N4O2/c1-26-15-12-25-22(26)23(29)27-13-10-24(11-14-27)17-21(9-16-30-24)28(20-7-8-20)18-19-5-3-2-4-6-19/h2-6,12,15,20-21H,7-11,13-14,16-18H2,1H3. The highest BCUT2D eigenvalue weighted by atomic mass is 16.5. The van der Waals surface area contributed by atoms with Gasteiger partial charge in [0, 0.05) is 57.8 Å². The number of aryl methyl sites for hydroxylation is 1. The summed E-state index contributed by atoms with van der Waals surface area (Å²) in [6.07, 6.45) is 10.2. The molecule has 0 radical (unpaired) electrons. The Labute approximate surface area is 178 Å². The maximum atomic E-state index is 12.8. The zero-order chi connectivity index (χ0) is 20.6. The summed E-state index contributed by atoms with van der Waals surface area (Å²) in [6, 6.07) is 12.2. The quantitative estimate of drug-likeness (QED) is 0.762. The average molecular weight is 409 g/mol. The molecule has 1 aliphatic carbocycles. The highest BCUT2D eigenvalue weighted by Crippen LogP contribution is 2.40. The van der Waals surface area contributed by atoms with Gasteiger partial charge in [-0.2, -0.15) is 0 Å². The molecule has 3 aliphatic rings. The molecule has 1 aromatic heterocycles. The number of carbonyl (C=O) groups is 1. The van der Waals surface area contributed by atoms with Crippen LogP contribution in [0.1, 0.15) is 54.7 Å². The zero-order valence-corrected chi connectivity index (χ0v) is 17.9. The SMILES string of the molecule is Cn1ccnc1C(=O)N1CCC2(CC1)CC(N(Cc1ccccc1)C1CC1)CCO2. The molecule has 1 unspecified atom stereocenters. The second-order valence-corrected chi connectivity index (χ2v) is 9.22. The van der Waals surface area contributed by atoms with Crippen LogP contribution in [-0.2, 0) is 18.3 Å². The molecular weight excluding hydrogens is 376 g/mol. The molecule has 5 rings (SSSR count). The molecule has 1 saturated carbocycles. The summed E-state index contributed by atoms with van der Waals surface area (Å²) in [5.74, 6) is 0.560. The smallest absolute Gasteiger partial charge is 0.289 e. The third kappa shape index (κ3) is 4.03. The number of carbonyl (C=O) groups excluding carboxylic acids is 1. The van der Waals surface area contributed by atoms with Crippen molar-refractivity contribution in [3.63, 3.8) is 0 Å². The van der Waals surface area contributed by atoms with E-state index in [0.717, 1.165) is 58.0 Å². The second kappa shape index (κ2) is 8.16. The molecule has 0 bridgehead atoms. The number of nitrogens with zero attached hydrogens (tertiary/aromatic N) is 4. The molecule has 30 heavy (non-hydrogen) atoms. The van der Waals surface area contributed by atoms with Crippen molar-refractivity contribution >= 4 is 5.91 Å². The molecular formula is C24H32N4O2. The Hall–Kier alpha value is -2.18. The normalized spacial score (nSPS) is 23.8. The van der Waals surface area contributed by atoms with Gasteiger partial charge < -0.3 is 14.2 Å². The lowest BCUT2D eigenvalue weighted by atomic mass is 9.81. The number of hydrogen-bond donors (Lipinski definition) is 0. The molecule has 1 amide bonds. The fraction of sp³-hybridized carbons (Fsp3) is 0.583. The molecule has 160 valence electrons. The molecule has 1 atom stereocenters. The van der Waals surface area contributed by atoms with E-state index in [2.05, 4.69) is 40.2 Å². The van der Waals surface area contributed by atoms with Gasteiger partial charge in [-0.25, -0.2) is 4.98 Å². The van der Waals surface area contributed by atoms with Crippen molar-refractivity contribution in [1.29, 1.82) is 0 Å². The van der Waals surface area contributed by atoms with Crippen molar-refractivity contribution < 1.29 is 9.53 Å². The summed E-state index contributed by atoms with van der Waals surface area (Å²) < 4.78 is 8.20. The Balaban J connectivity index is 1.24. The first-order chi connectivity index (χ1) is 14.6. The molecule has 3 heterocycles. The van der Waals surface area contributed by atoms with Gasteiger partial charge in [-0.05, 0) is 44.1 Å². The van der Waals surface area contributed by atoms with Crippen LogP contribution in [0.15, 0.2) is 42.7 Å². The van der Waals surface area contributed by atoms with E-state index in [-0.39, 0.29) is 11.5 Å². The first-order valence-electron chi connectivity index (χ1n) is 11.3. The molecule has 3 fully saturated rings. The first-order valence-corrected chi connectivity index (χ1v) is 11.3. The number of imidazole rings is 1. The average Bonchev–Trinajstić information content (AvgIpc) is 3.53. The van der Waals surface area contributed by atoms with Gasteiger partial charge in [0.25, 0.3) is 5.91 Å². The van der Waals surface area contributed by atoms with Crippen LogP contribution >= 0.6 is 0 Å². The highest BCUT2D eigenvalue weighted by Gasteiger charge is 2.45. The largest absolute Gasteiger partial charge is 0.375 e. The fourth-order valence-corrected chi connectivity index (χ4v) is 5.22. The predicted octanol–water partition coefficient (Wildman–Crippen LogP) is 3.24. The van der Waals surface area contributed by atoms with Crippen LogP contribution in [0.4, 0.5) is 0 Å². The van der Waals surface area contributed by atoms with E-state index in [1.165, 1.54) is 18.4 Å². The van der Waals surface area contributed by atoms with Gasteiger partial charge in [0.2, 0.25) is 0 Å². The number of hydrogen-bond acceptors (Lipinski definition) is 4. The second-order valence-electron chi connectivity index (χ2n) is 9.22. The molecule has 0 N–H and O–H groups in total. The van der Waals surface area contributed by atoms with Gasteiger partial charge in [0.1, 0.15) is 0 Å². The van der Waals surface area contributed by atoms with E-state index >= 15 is 0 Å². The van der Waals surface area contributed by atoms with E-state index in [4.69, 9.17) is 4.74 Å². The van der Waals surface area contributed by atoms with Gasteiger partial charge >= 0.3 is 0 Å². The van der Waals surface area contributed by atoms with E-state index in [0.29, 0.717) is 11.9 Å². The van der Waals surface area contributed by atoms with Crippen molar-refractivity contribution in [2.75, 3.05) is 19.7 Å². The maximum Gasteiger partial charge on any atom is 0.289 e. The lowest BCUT2D eigenvalue weighted by molar-refractivity contribution is -0.131. The molecule has 1 spiro atoms. The van der Waals surface area contributed by atoms with Crippen molar-refractivity contribution in [1.82, 2.24) is 19.4 Å². The highest BCUT2D eigenvalue weighted by molar-refractivity contribution is 5.90. The number of benzene rings is 1. The number of rotatable bonds is 5. The fourth-order valence-electron chi connectivity index (χ4n) is 5.22. The molecule has 2 aliphatic heterocycles. The molecule has 2 aromatic rings. The number of likely N-dealkylation sites (tertiary alicyclic amines) is 1. The summed E-state index contributed by atoms with van der Waals surface area (Å²) >= 11 is 0. The Morgan fingerprint density at radius 1 is 1.17 bits per heavy atom. The third-order valence-electron chi connectivity index (χ3n) is 7.13. The zero-order valence-electron chi connectivity index (χ0n) is 17.9. The maximum absolute atomic E-state index is 12.8. The first kappa shape index (κ1) is 19.8. The lowest BCUT2D eigenvalue weighted by Crippen LogP contribution is -2.54. The van der Waals surface area contributed by atoms with Gasteiger partial charge in [0.05, 0.1) is 5.60 Å². The summed E-state index contributed by atoms with van der Waals surface area (Å²) in [5, 5.41) is 0. The number of piperidine rings is 1. The van der Waals surface area contributed by atoms with Crippen molar-refractivity contribution in [2.24, 2.45) is 7.05 Å². The summed E-state index contributed by atoms with van der Waals surface area (Å²) in [7, 11) is 1.87. The minimum Gasteiger partial charge on any atom is -0.375 e. The van der Waals surface area contributed by atoms with Crippen LogP contribution in [0.25, 0.3) is 0 Å². The Kier molecular flexibility index (Phi) is 5.37. The minimum atomic E-state index is -0.0782. The van der Waals surface area contributed by atoms with Crippen molar-refractivity contribution in [3.05, 3.63) is 54.1 Å². The van der Waals surface area contributed by atoms with Crippen LogP contribution < -0.4 is 0 Å². The predicted molar refractivity (Wildman–Crippen MR) is 115 cm³/mol. The monoisotopic (exact) mass is 408 g/mol. The number of ether oxygens (including phenoxy) is 1. The minimum absolute atomic E-state index is 0.0355. The van der Waals surface area contributed by atoms with Gasteiger partial charge in [-0.3, -0.25) is 9.69 Å². The summed E-state index contributed by atoms with van der Waals surface area (Å²) in [4.78, 5) is 21.7. The molecule has 2 saturated heterocycles. The van der Waals surface area contributed by atoms with Crippen LogP contribution in [0.3, 0.4) is 0 Å². The van der Waals surface area contributed by atoms with Gasteiger partial charge in [0.15, 0.2) is 5.82 Å². The van der Waals surface area contributed by atoms with Gasteiger partial charge in [-0.15, -0.1) is 0 Å². The van der Waals surface area contributed by atoms with Crippen LogP contribution in [0.5, 0.6) is 0 Å². The molecule has 6 nitrogen and oxygen atoms in total. The van der Waals surface area contributed by atoms with E-state index in [9.17, 15) is 4.79 Å². The van der Waals surface area contributed by atoms with Crippen LogP contribution in [0, 0.1) is 0 Å².